The van der Waals surface area contributed by atoms with Gasteiger partial charge in [-0.25, -0.2) is 12.7 Å². The van der Waals surface area contributed by atoms with Crippen LogP contribution in [0, 0.1) is 0 Å². The van der Waals surface area contributed by atoms with Gasteiger partial charge in [0.05, 0.1) is 19.8 Å². The van der Waals surface area contributed by atoms with Gasteiger partial charge in [-0.15, -0.1) is 0 Å². The fourth-order valence-corrected chi connectivity index (χ4v) is 2.81. The molecule has 0 aliphatic heterocycles. The first kappa shape index (κ1) is 20.4. The molecule has 0 saturated carbocycles. The molecular formula is C15H24N2O6S. The Morgan fingerprint density at radius 1 is 1.25 bits per heavy atom. The minimum atomic E-state index is -3.70. The van der Waals surface area contributed by atoms with Gasteiger partial charge in [-0.1, -0.05) is 0 Å². The minimum Gasteiger partial charge on any atom is -0.492 e. The summed E-state index contributed by atoms with van der Waals surface area (Å²) in [5, 5.41) is 2.60. The van der Waals surface area contributed by atoms with Crippen LogP contribution in [0.5, 0.6) is 5.75 Å². The van der Waals surface area contributed by atoms with Crippen molar-refractivity contribution in [3.63, 3.8) is 0 Å². The summed E-state index contributed by atoms with van der Waals surface area (Å²) >= 11 is 0. The van der Waals surface area contributed by atoms with Gasteiger partial charge in [-0.2, -0.15) is 0 Å². The van der Waals surface area contributed by atoms with E-state index in [1.165, 1.54) is 33.3 Å². The van der Waals surface area contributed by atoms with E-state index in [9.17, 15) is 13.2 Å². The molecule has 0 unspecified atom stereocenters. The molecule has 0 spiro atoms. The van der Waals surface area contributed by atoms with Crippen LogP contribution in [0.3, 0.4) is 0 Å². The van der Waals surface area contributed by atoms with Gasteiger partial charge in [0.15, 0.2) is 0 Å². The van der Waals surface area contributed by atoms with E-state index in [0.717, 1.165) is 4.31 Å². The maximum Gasteiger partial charge on any atom is 0.250 e. The van der Waals surface area contributed by atoms with Crippen molar-refractivity contribution >= 4 is 21.6 Å². The van der Waals surface area contributed by atoms with E-state index in [2.05, 4.69) is 5.32 Å². The predicted octanol–water partition coefficient (Wildman–Crippen LogP) is 0.937. The standard InChI is InChI=1S/C15H24N2O6S/c1-5-23-13-7-6-12(10-14(13)24(19,20)17(2)3)16-15(18)11-22-9-8-21-4/h6-7,10H,5,8-9,11H2,1-4H3,(H,16,18). The molecule has 1 aromatic carbocycles. The second-order valence-electron chi connectivity index (χ2n) is 4.98. The molecule has 0 fully saturated rings. The lowest BCUT2D eigenvalue weighted by atomic mass is 10.3. The molecule has 9 heteroatoms. The molecular weight excluding hydrogens is 336 g/mol. The predicted molar refractivity (Wildman–Crippen MR) is 89.8 cm³/mol. The Balaban J connectivity index is 2.93. The van der Waals surface area contributed by atoms with E-state index in [1.807, 2.05) is 0 Å². The lowest BCUT2D eigenvalue weighted by molar-refractivity contribution is -0.121. The molecule has 0 aromatic heterocycles. The van der Waals surface area contributed by atoms with Crippen molar-refractivity contribution < 1.29 is 27.4 Å². The first-order chi connectivity index (χ1) is 11.3. The number of ether oxygens (including phenoxy) is 3. The Labute approximate surface area is 142 Å². The molecule has 1 rings (SSSR count). The molecule has 0 aliphatic carbocycles. The molecule has 0 aliphatic rings. The number of hydrogen-bond acceptors (Lipinski definition) is 6. The molecule has 136 valence electrons. The second-order valence-corrected chi connectivity index (χ2v) is 7.10. The number of rotatable bonds is 10. The third-order valence-electron chi connectivity index (χ3n) is 2.95. The lowest BCUT2D eigenvalue weighted by Gasteiger charge is -2.16. The number of amides is 1. The van der Waals surface area contributed by atoms with Gasteiger partial charge in [0.25, 0.3) is 0 Å². The van der Waals surface area contributed by atoms with Crippen LogP contribution in [-0.2, 0) is 24.3 Å². The SMILES string of the molecule is CCOc1ccc(NC(=O)COCCOC)cc1S(=O)(=O)N(C)C. The van der Waals surface area contributed by atoms with Crippen molar-refractivity contribution in [3.8, 4) is 5.75 Å². The van der Waals surface area contributed by atoms with Crippen molar-refractivity contribution in [2.45, 2.75) is 11.8 Å². The summed E-state index contributed by atoms with van der Waals surface area (Å²) in [5.41, 5.74) is 0.346. The molecule has 8 nitrogen and oxygen atoms in total. The van der Waals surface area contributed by atoms with Crippen LogP contribution in [-0.4, -0.2) is 66.3 Å². The molecule has 0 atom stereocenters. The summed E-state index contributed by atoms with van der Waals surface area (Å²) in [6.07, 6.45) is 0. The molecule has 1 amide bonds. The summed E-state index contributed by atoms with van der Waals surface area (Å²) < 4.78 is 41.2. The third kappa shape index (κ3) is 5.75. The maximum atomic E-state index is 12.4. The van der Waals surface area contributed by atoms with Crippen molar-refractivity contribution in [2.24, 2.45) is 0 Å². The number of nitrogens with one attached hydrogen (secondary N) is 1. The number of benzene rings is 1. The monoisotopic (exact) mass is 360 g/mol. The van der Waals surface area contributed by atoms with Gasteiger partial charge in [0.1, 0.15) is 17.3 Å². The number of nitrogens with zero attached hydrogens (tertiary/aromatic N) is 1. The van der Waals surface area contributed by atoms with Crippen LogP contribution < -0.4 is 10.1 Å². The lowest BCUT2D eigenvalue weighted by Crippen LogP contribution is -2.24. The van der Waals surface area contributed by atoms with Gasteiger partial charge in [0, 0.05) is 26.9 Å². The molecule has 0 bridgehead atoms. The topological polar surface area (TPSA) is 94.2 Å². The van der Waals surface area contributed by atoms with Crippen LogP contribution in [0.4, 0.5) is 5.69 Å². The highest BCUT2D eigenvalue weighted by atomic mass is 32.2. The van der Waals surface area contributed by atoms with Crippen LogP contribution in [0.15, 0.2) is 23.1 Å². The number of hydrogen-bond donors (Lipinski definition) is 1. The quantitative estimate of drug-likeness (QED) is 0.624. The van der Waals surface area contributed by atoms with Crippen LogP contribution in [0.2, 0.25) is 0 Å². The normalized spacial score (nSPS) is 11.5. The van der Waals surface area contributed by atoms with Crippen LogP contribution >= 0.6 is 0 Å². The highest BCUT2D eigenvalue weighted by molar-refractivity contribution is 7.89. The highest BCUT2D eigenvalue weighted by Gasteiger charge is 2.23. The van der Waals surface area contributed by atoms with Gasteiger partial charge < -0.3 is 19.5 Å². The van der Waals surface area contributed by atoms with Crippen LogP contribution in [0.1, 0.15) is 6.92 Å². The Morgan fingerprint density at radius 2 is 1.96 bits per heavy atom. The molecule has 1 N–H and O–H groups in total. The van der Waals surface area contributed by atoms with Crippen LogP contribution in [0.25, 0.3) is 0 Å². The molecule has 1 aromatic rings. The maximum absolute atomic E-state index is 12.4. The fourth-order valence-electron chi connectivity index (χ4n) is 1.76. The number of anilines is 1. The second kappa shape index (κ2) is 9.58. The Bertz CT molecular complexity index is 645. The third-order valence-corrected chi connectivity index (χ3v) is 4.79. The van der Waals surface area contributed by atoms with E-state index in [-0.39, 0.29) is 23.2 Å². The average Bonchev–Trinajstić information content (AvgIpc) is 2.53. The Hall–Kier alpha value is -1.68. The van der Waals surface area contributed by atoms with Crippen molar-refractivity contribution in [2.75, 3.05) is 52.9 Å². The van der Waals surface area contributed by atoms with E-state index in [1.54, 1.807) is 13.0 Å². The molecule has 24 heavy (non-hydrogen) atoms. The number of carbonyl (C=O) groups excluding carboxylic acids is 1. The fraction of sp³-hybridized carbons (Fsp3) is 0.533. The summed E-state index contributed by atoms with van der Waals surface area (Å²) in [6, 6.07) is 4.46. The smallest absolute Gasteiger partial charge is 0.250 e. The van der Waals surface area contributed by atoms with Crippen molar-refractivity contribution in [1.82, 2.24) is 4.31 Å². The average molecular weight is 360 g/mol. The summed E-state index contributed by atoms with van der Waals surface area (Å²) in [6.45, 7) is 2.63. The minimum absolute atomic E-state index is 0.00699. The zero-order chi connectivity index (χ0) is 18.2. The summed E-state index contributed by atoms with van der Waals surface area (Å²) in [5.74, 6) is -0.149. The van der Waals surface area contributed by atoms with Gasteiger partial charge in [-0.3, -0.25) is 4.79 Å². The summed E-state index contributed by atoms with van der Waals surface area (Å²) in [7, 11) is 0.696. The van der Waals surface area contributed by atoms with E-state index in [4.69, 9.17) is 14.2 Å². The largest absolute Gasteiger partial charge is 0.492 e. The zero-order valence-corrected chi connectivity index (χ0v) is 15.2. The number of sulfonamides is 1. The highest BCUT2D eigenvalue weighted by Crippen LogP contribution is 2.29. The molecule has 0 saturated heterocycles. The van der Waals surface area contributed by atoms with Gasteiger partial charge in [-0.05, 0) is 25.1 Å². The number of methoxy groups -OCH3 is 1. The van der Waals surface area contributed by atoms with Crippen molar-refractivity contribution in [3.05, 3.63) is 18.2 Å². The summed E-state index contributed by atoms with van der Waals surface area (Å²) in [4.78, 5) is 11.8. The zero-order valence-electron chi connectivity index (χ0n) is 14.4. The van der Waals surface area contributed by atoms with E-state index >= 15 is 0 Å². The van der Waals surface area contributed by atoms with E-state index in [0.29, 0.717) is 25.5 Å². The van der Waals surface area contributed by atoms with Gasteiger partial charge >= 0.3 is 0 Å². The van der Waals surface area contributed by atoms with E-state index < -0.39 is 10.0 Å². The first-order valence-electron chi connectivity index (χ1n) is 7.38. The molecule has 0 radical (unpaired) electrons. The first-order valence-corrected chi connectivity index (χ1v) is 8.82. The Kier molecular flexibility index (Phi) is 8.13. The van der Waals surface area contributed by atoms with Crippen molar-refractivity contribution in [1.29, 1.82) is 0 Å². The van der Waals surface area contributed by atoms with Gasteiger partial charge in [0.2, 0.25) is 15.9 Å². The molecule has 0 heterocycles. The Morgan fingerprint density at radius 3 is 2.54 bits per heavy atom. The number of carbonyl (C=O) groups is 1.